The van der Waals surface area contributed by atoms with E-state index in [4.69, 9.17) is 0 Å². The zero-order valence-electron chi connectivity index (χ0n) is 11.8. The Morgan fingerprint density at radius 3 is 2.71 bits per heavy atom. The van der Waals surface area contributed by atoms with Gasteiger partial charge in [-0.15, -0.1) is 0 Å². The van der Waals surface area contributed by atoms with E-state index in [1.807, 2.05) is 0 Å². The second-order valence-corrected chi connectivity index (χ2v) is 5.50. The van der Waals surface area contributed by atoms with Crippen LogP contribution in [0.5, 0.6) is 0 Å². The van der Waals surface area contributed by atoms with Crippen molar-refractivity contribution in [2.45, 2.75) is 58.1 Å². The first kappa shape index (κ1) is 14.9. The van der Waals surface area contributed by atoms with E-state index < -0.39 is 0 Å². The number of hydrogen-bond acceptors (Lipinski definition) is 3. The van der Waals surface area contributed by atoms with Crippen LogP contribution in [-0.4, -0.2) is 48.8 Å². The van der Waals surface area contributed by atoms with Gasteiger partial charge in [-0.05, 0) is 45.2 Å². The molecule has 3 heteroatoms. The molecule has 1 rings (SSSR count). The van der Waals surface area contributed by atoms with Crippen molar-refractivity contribution in [1.29, 1.82) is 0 Å². The first-order valence-electron chi connectivity index (χ1n) is 7.27. The Balaban J connectivity index is 2.42. The summed E-state index contributed by atoms with van der Waals surface area (Å²) in [5.41, 5.74) is 0. The summed E-state index contributed by atoms with van der Waals surface area (Å²) >= 11 is 0. The predicted molar refractivity (Wildman–Crippen MR) is 73.2 cm³/mol. The standard InChI is InChI=1S/C14H30N2O/c1-4-6-7-16-10-12(9-14(17)5-2)8-13(11-16)15-3/h12-15,17H,4-11H2,1-3H3. The molecule has 0 aliphatic carbocycles. The number of piperidine rings is 1. The molecule has 17 heavy (non-hydrogen) atoms. The average molecular weight is 242 g/mol. The van der Waals surface area contributed by atoms with Crippen molar-refractivity contribution in [2.75, 3.05) is 26.7 Å². The highest BCUT2D eigenvalue weighted by molar-refractivity contribution is 4.83. The van der Waals surface area contributed by atoms with Crippen LogP contribution >= 0.6 is 0 Å². The van der Waals surface area contributed by atoms with Gasteiger partial charge < -0.3 is 15.3 Å². The fourth-order valence-electron chi connectivity index (χ4n) is 2.80. The zero-order valence-corrected chi connectivity index (χ0v) is 11.8. The molecule has 0 aromatic rings. The van der Waals surface area contributed by atoms with Crippen LogP contribution in [0.15, 0.2) is 0 Å². The minimum atomic E-state index is -0.108. The van der Waals surface area contributed by atoms with Crippen molar-refractivity contribution in [3.05, 3.63) is 0 Å². The third kappa shape index (κ3) is 5.36. The summed E-state index contributed by atoms with van der Waals surface area (Å²) < 4.78 is 0. The first-order valence-corrected chi connectivity index (χ1v) is 7.27. The number of likely N-dealkylation sites (tertiary alicyclic amines) is 1. The van der Waals surface area contributed by atoms with E-state index in [-0.39, 0.29) is 6.10 Å². The van der Waals surface area contributed by atoms with Crippen molar-refractivity contribution in [3.63, 3.8) is 0 Å². The normalized spacial score (nSPS) is 28.2. The minimum absolute atomic E-state index is 0.108. The maximum absolute atomic E-state index is 9.79. The van der Waals surface area contributed by atoms with Crippen LogP contribution in [0.4, 0.5) is 0 Å². The van der Waals surface area contributed by atoms with E-state index >= 15 is 0 Å². The smallest absolute Gasteiger partial charge is 0.0540 e. The fourth-order valence-corrected chi connectivity index (χ4v) is 2.80. The minimum Gasteiger partial charge on any atom is -0.393 e. The molecule has 3 atom stereocenters. The Morgan fingerprint density at radius 2 is 2.12 bits per heavy atom. The molecule has 3 nitrogen and oxygen atoms in total. The zero-order chi connectivity index (χ0) is 12.7. The van der Waals surface area contributed by atoms with Crippen molar-refractivity contribution in [1.82, 2.24) is 10.2 Å². The van der Waals surface area contributed by atoms with E-state index in [0.717, 1.165) is 12.8 Å². The van der Waals surface area contributed by atoms with Crippen LogP contribution in [0.25, 0.3) is 0 Å². The number of likely N-dealkylation sites (N-methyl/N-ethyl adjacent to an activating group) is 1. The molecule has 3 unspecified atom stereocenters. The summed E-state index contributed by atoms with van der Waals surface area (Å²) in [5, 5.41) is 13.2. The van der Waals surface area contributed by atoms with Gasteiger partial charge in [-0.2, -0.15) is 0 Å². The molecule has 102 valence electrons. The average Bonchev–Trinajstić information content (AvgIpc) is 2.35. The van der Waals surface area contributed by atoms with Gasteiger partial charge >= 0.3 is 0 Å². The van der Waals surface area contributed by atoms with E-state index in [0.29, 0.717) is 12.0 Å². The number of aliphatic hydroxyl groups excluding tert-OH is 1. The van der Waals surface area contributed by atoms with Crippen LogP contribution in [-0.2, 0) is 0 Å². The van der Waals surface area contributed by atoms with Crippen LogP contribution in [0, 0.1) is 5.92 Å². The number of nitrogens with one attached hydrogen (secondary N) is 1. The molecule has 0 bridgehead atoms. The SMILES string of the molecule is CCCCN1CC(CC(O)CC)CC(NC)C1. The Hall–Kier alpha value is -0.120. The lowest BCUT2D eigenvalue weighted by Crippen LogP contribution is -2.49. The quantitative estimate of drug-likeness (QED) is 0.715. The van der Waals surface area contributed by atoms with E-state index in [2.05, 4.69) is 31.1 Å². The largest absolute Gasteiger partial charge is 0.393 e. The molecule has 1 fully saturated rings. The fraction of sp³-hybridized carbons (Fsp3) is 1.00. The molecule has 0 aromatic heterocycles. The Kier molecular flexibility index (Phi) is 7.09. The van der Waals surface area contributed by atoms with Crippen molar-refractivity contribution < 1.29 is 5.11 Å². The highest BCUT2D eigenvalue weighted by Crippen LogP contribution is 2.22. The lowest BCUT2D eigenvalue weighted by molar-refractivity contribution is 0.0848. The van der Waals surface area contributed by atoms with Crippen LogP contribution < -0.4 is 5.32 Å². The summed E-state index contributed by atoms with van der Waals surface area (Å²) in [6.07, 6.45) is 5.52. The van der Waals surface area contributed by atoms with Gasteiger partial charge in [0.1, 0.15) is 0 Å². The van der Waals surface area contributed by atoms with Gasteiger partial charge in [-0.1, -0.05) is 20.3 Å². The highest BCUT2D eigenvalue weighted by atomic mass is 16.3. The molecule has 0 aromatic carbocycles. The van der Waals surface area contributed by atoms with Gasteiger partial charge in [0.05, 0.1) is 6.10 Å². The molecule has 1 aliphatic rings. The third-order valence-corrected chi connectivity index (χ3v) is 3.93. The molecule has 1 aliphatic heterocycles. The Morgan fingerprint density at radius 1 is 1.35 bits per heavy atom. The Labute approximate surface area is 107 Å². The molecular weight excluding hydrogens is 212 g/mol. The van der Waals surface area contributed by atoms with E-state index in [1.165, 1.54) is 38.9 Å². The number of hydrogen-bond donors (Lipinski definition) is 2. The molecule has 0 radical (unpaired) electrons. The maximum atomic E-state index is 9.79. The molecule has 0 amide bonds. The molecular formula is C14H30N2O. The van der Waals surface area contributed by atoms with Crippen molar-refractivity contribution in [3.8, 4) is 0 Å². The second-order valence-electron chi connectivity index (χ2n) is 5.50. The van der Waals surface area contributed by atoms with Crippen molar-refractivity contribution in [2.24, 2.45) is 5.92 Å². The summed E-state index contributed by atoms with van der Waals surface area (Å²) in [6, 6.07) is 0.606. The molecule has 0 spiro atoms. The topological polar surface area (TPSA) is 35.5 Å². The number of unbranched alkanes of at least 4 members (excludes halogenated alkanes) is 1. The summed E-state index contributed by atoms with van der Waals surface area (Å²) in [5.74, 6) is 0.660. The van der Waals surface area contributed by atoms with Crippen LogP contribution in [0.1, 0.15) is 46.0 Å². The first-order chi connectivity index (χ1) is 8.19. The maximum Gasteiger partial charge on any atom is 0.0540 e. The highest BCUT2D eigenvalue weighted by Gasteiger charge is 2.27. The van der Waals surface area contributed by atoms with Gasteiger partial charge in [-0.3, -0.25) is 0 Å². The Bertz CT molecular complexity index is 197. The van der Waals surface area contributed by atoms with Gasteiger partial charge in [0, 0.05) is 19.1 Å². The molecule has 2 N–H and O–H groups in total. The summed E-state index contributed by atoms with van der Waals surface area (Å²) in [7, 11) is 2.06. The van der Waals surface area contributed by atoms with E-state index in [9.17, 15) is 5.11 Å². The van der Waals surface area contributed by atoms with Crippen LogP contribution in [0.3, 0.4) is 0 Å². The number of nitrogens with zero attached hydrogens (tertiary/aromatic N) is 1. The number of rotatable bonds is 7. The predicted octanol–water partition coefficient (Wildman–Crippen LogP) is 1.86. The molecule has 1 heterocycles. The van der Waals surface area contributed by atoms with Gasteiger partial charge in [0.25, 0.3) is 0 Å². The third-order valence-electron chi connectivity index (χ3n) is 3.93. The van der Waals surface area contributed by atoms with E-state index in [1.54, 1.807) is 0 Å². The molecule has 0 saturated carbocycles. The second kappa shape index (κ2) is 8.06. The van der Waals surface area contributed by atoms with Crippen molar-refractivity contribution >= 4 is 0 Å². The monoisotopic (exact) mass is 242 g/mol. The van der Waals surface area contributed by atoms with Gasteiger partial charge in [-0.25, -0.2) is 0 Å². The van der Waals surface area contributed by atoms with Gasteiger partial charge in [0.2, 0.25) is 0 Å². The van der Waals surface area contributed by atoms with Crippen LogP contribution in [0.2, 0.25) is 0 Å². The number of aliphatic hydroxyl groups is 1. The lowest BCUT2D eigenvalue weighted by Gasteiger charge is -2.38. The summed E-state index contributed by atoms with van der Waals surface area (Å²) in [4.78, 5) is 2.57. The molecule has 1 saturated heterocycles. The van der Waals surface area contributed by atoms with Gasteiger partial charge in [0.15, 0.2) is 0 Å². The summed E-state index contributed by atoms with van der Waals surface area (Å²) in [6.45, 7) is 7.88. The lowest BCUT2D eigenvalue weighted by atomic mass is 9.89.